The molecule has 0 N–H and O–H groups in total. The molecule has 0 aliphatic heterocycles. The Hall–Kier alpha value is -2.90. The summed E-state index contributed by atoms with van der Waals surface area (Å²) >= 11 is 0. The van der Waals surface area contributed by atoms with E-state index in [2.05, 4.69) is 9.97 Å². The third kappa shape index (κ3) is 2.26. The fourth-order valence-electron chi connectivity index (χ4n) is 1.29. The van der Waals surface area contributed by atoms with E-state index in [1.165, 1.54) is 24.3 Å². The van der Waals surface area contributed by atoms with Crippen molar-refractivity contribution >= 4 is 11.4 Å². The lowest BCUT2D eigenvalue weighted by atomic mass is 10.2. The average Bonchev–Trinajstić information content (AvgIpc) is 2.39. The number of nitro groups is 2. The van der Waals surface area contributed by atoms with Gasteiger partial charge < -0.3 is 0 Å². The molecule has 8 nitrogen and oxygen atoms in total. The Bertz CT molecular complexity index is 539. The van der Waals surface area contributed by atoms with Crippen LogP contribution in [-0.4, -0.2) is 19.8 Å². The topological polar surface area (TPSA) is 112 Å². The van der Waals surface area contributed by atoms with Crippen LogP contribution in [0.1, 0.15) is 0 Å². The predicted molar refractivity (Wildman–Crippen MR) is 60.8 cm³/mol. The van der Waals surface area contributed by atoms with Gasteiger partial charge in [0.2, 0.25) is 0 Å². The van der Waals surface area contributed by atoms with E-state index in [9.17, 15) is 20.2 Å². The lowest BCUT2D eigenvalue weighted by molar-refractivity contribution is -0.385. The highest BCUT2D eigenvalue weighted by Crippen LogP contribution is 2.19. The van der Waals surface area contributed by atoms with Crippen molar-refractivity contribution in [1.82, 2.24) is 9.97 Å². The van der Waals surface area contributed by atoms with Crippen molar-refractivity contribution in [2.75, 3.05) is 0 Å². The van der Waals surface area contributed by atoms with Crippen molar-refractivity contribution < 1.29 is 9.85 Å². The zero-order chi connectivity index (χ0) is 13.1. The van der Waals surface area contributed by atoms with E-state index in [1.807, 2.05) is 0 Å². The summed E-state index contributed by atoms with van der Waals surface area (Å²) in [6, 6.07) is 5.47. The molecule has 0 saturated carbocycles. The molecule has 2 rings (SSSR count). The first kappa shape index (κ1) is 11.6. The minimum absolute atomic E-state index is 0.124. The number of rotatable bonds is 3. The van der Waals surface area contributed by atoms with Gasteiger partial charge in [0.1, 0.15) is 12.4 Å². The van der Waals surface area contributed by atoms with Crippen molar-refractivity contribution in [1.29, 1.82) is 0 Å². The van der Waals surface area contributed by atoms with Gasteiger partial charge in [0.25, 0.3) is 11.4 Å². The summed E-state index contributed by atoms with van der Waals surface area (Å²) in [5.41, 5.74) is 0.576. The van der Waals surface area contributed by atoms with E-state index in [-0.39, 0.29) is 11.4 Å². The monoisotopic (exact) mass is 246 g/mol. The third-order valence-corrected chi connectivity index (χ3v) is 2.18. The molecule has 0 amide bonds. The second-order valence-electron chi connectivity index (χ2n) is 3.32. The fraction of sp³-hybridized carbons (Fsp3) is 0. The maximum Gasteiger partial charge on any atom is 0.287 e. The van der Waals surface area contributed by atoms with Crippen LogP contribution in [0.25, 0.3) is 11.4 Å². The zero-order valence-corrected chi connectivity index (χ0v) is 8.89. The van der Waals surface area contributed by atoms with Crippen molar-refractivity contribution in [3.05, 3.63) is 56.9 Å². The van der Waals surface area contributed by atoms with Gasteiger partial charge in [0.05, 0.1) is 21.2 Å². The molecule has 0 bridgehead atoms. The first-order valence-electron chi connectivity index (χ1n) is 4.79. The highest BCUT2D eigenvalue weighted by molar-refractivity contribution is 5.56. The largest absolute Gasteiger partial charge is 0.287 e. The van der Waals surface area contributed by atoms with Gasteiger partial charge in [-0.1, -0.05) is 0 Å². The lowest BCUT2D eigenvalue weighted by Gasteiger charge is -1.98. The Morgan fingerprint density at radius 3 is 1.39 bits per heavy atom. The average molecular weight is 246 g/mol. The lowest BCUT2D eigenvalue weighted by Crippen LogP contribution is -1.93. The van der Waals surface area contributed by atoms with Crippen LogP contribution < -0.4 is 0 Å². The second kappa shape index (κ2) is 4.53. The Balaban J connectivity index is 2.31. The minimum atomic E-state index is -0.556. The standard InChI is InChI=1S/C10H6N4O4/c15-13(16)7-1-3-9(11-5-7)10-4-2-8(6-12-10)14(17)18/h1-6H. The highest BCUT2D eigenvalue weighted by Gasteiger charge is 2.09. The number of hydrogen-bond acceptors (Lipinski definition) is 6. The minimum Gasteiger partial charge on any atom is -0.258 e. The van der Waals surface area contributed by atoms with Gasteiger partial charge in [-0.25, -0.2) is 9.97 Å². The predicted octanol–water partition coefficient (Wildman–Crippen LogP) is 1.96. The Morgan fingerprint density at radius 1 is 0.778 bits per heavy atom. The van der Waals surface area contributed by atoms with Gasteiger partial charge in [-0.15, -0.1) is 0 Å². The molecule has 90 valence electrons. The summed E-state index contributed by atoms with van der Waals surface area (Å²) in [4.78, 5) is 27.5. The highest BCUT2D eigenvalue weighted by atomic mass is 16.6. The van der Waals surface area contributed by atoms with E-state index in [1.54, 1.807) is 0 Å². The molecule has 0 aromatic carbocycles. The van der Waals surface area contributed by atoms with Gasteiger partial charge in [-0.05, 0) is 12.1 Å². The maximum absolute atomic E-state index is 10.4. The summed E-state index contributed by atoms with van der Waals surface area (Å²) in [6.45, 7) is 0. The van der Waals surface area contributed by atoms with Crippen LogP contribution in [0.3, 0.4) is 0 Å². The van der Waals surface area contributed by atoms with Gasteiger partial charge >= 0.3 is 0 Å². The normalized spacial score (nSPS) is 10.0. The third-order valence-electron chi connectivity index (χ3n) is 2.18. The molecule has 0 aliphatic rings. The molecule has 0 saturated heterocycles. The molecule has 0 aliphatic carbocycles. The first-order chi connectivity index (χ1) is 8.58. The zero-order valence-electron chi connectivity index (χ0n) is 8.89. The van der Waals surface area contributed by atoms with Crippen LogP contribution in [0.2, 0.25) is 0 Å². The molecule has 8 heteroatoms. The number of nitrogens with zero attached hydrogens (tertiary/aromatic N) is 4. The molecule has 0 radical (unpaired) electrons. The summed E-state index contributed by atoms with van der Waals surface area (Å²) in [5.74, 6) is 0. The van der Waals surface area contributed by atoms with Gasteiger partial charge in [0, 0.05) is 12.1 Å². The maximum atomic E-state index is 10.4. The Morgan fingerprint density at radius 2 is 1.17 bits per heavy atom. The van der Waals surface area contributed by atoms with E-state index >= 15 is 0 Å². The summed E-state index contributed by atoms with van der Waals surface area (Å²) in [5, 5.41) is 20.9. The van der Waals surface area contributed by atoms with Gasteiger partial charge in [-0.3, -0.25) is 20.2 Å². The van der Waals surface area contributed by atoms with Crippen LogP contribution in [0.5, 0.6) is 0 Å². The van der Waals surface area contributed by atoms with E-state index in [4.69, 9.17) is 0 Å². The van der Waals surface area contributed by atoms with Crippen LogP contribution in [0.4, 0.5) is 11.4 Å². The van der Waals surface area contributed by atoms with Gasteiger partial charge in [-0.2, -0.15) is 0 Å². The molecule has 2 heterocycles. The van der Waals surface area contributed by atoms with Crippen molar-refractivity contribution in [3.63, 3.8) is 0 Å². The number of aromatic nitrogens is 2. The smallest absolute Gasteiger partial charge is 0.258 e. The summed E-state index contributed by atoms with van der Waals surface area (Å²) in [7, 11) is 0. The fourth-order valence-corrected chi connectivity index (χ4v) is 1.29. The first-order valence-corrected chi connectivity index (χ1v) is 4.79. The van der Waals surface area contributed by atoms with Crippen molar-refractivity contribution in [3.8, 4) is 11.4 Å². The molecule has 2 aromatic heterocycles. The van der Waals surface area contributed by atoms with Gasteiger partial charge in [0.15, 0.2) is 0 Å². The second-order valence-corrected chi connectivity index (χ2v) is 3.32. The SMILES string of the molecule is O=[N+]([O-])c1ccc(-c2ccc([N+](=O)[O-])cn2)nc1. The van der Waals surface area contributed by atoms with Crippen molar-refractivity contribution in [2.24, 2.45) is 0 Å². The van der Waals surface area contributed by atoms with E-state index in [0.717, 1.165) is 12.4 Å². The van der Waals surface area contributed by atoms with E-state index in [0.29, 0.717) is 11.4 Å². The van der Waals surface area contributed by atoms with Crippen LogP contribution in [0.15, 0.2) is 36.7 Å². The molecule has 18 heavy (non-hydrogen) atoms. The summed E-state index contributed by atoms with van der Waals surface area (Å²) < 4.78 is 0. The summed E-state index contributed by atoms with van der Waals surface area (Å²) in [6.07, 6.45) is 2.22. The van der Waals surface area contributed by atoms with Crippen molar-refractivity contribution in [2.45, 2.75) is 0 Å². The molecule has 0 fully saturated rings. The molecule has 0 atom stereocenters. The van der Waals surface area contributed by atoms with Crippen LogP contribution in [0, 0.1) is 20.2 Å². The molecule has 0 unspecified atom stereocenters. The Labute approximate surface area is 100 Å². The quantitative estimate of drug-likeness (QED) is 0.604. The molecular weight excluding hydrogens is 240 g/mol. The van der Waals surface area contributed by atoms with Crippen LogP contribution in [-0.2, 0) is 0 Å². The number of hydrogen-bond donors (Lipinski definition) is 0. The molecular formula is C10H6N4O4. The Kier molecular flexibility index (Phi) is 2.92. The number of pyridine rings is 2. The molecule has 2 aromatic rings. The van der Waals surface area contributed by atoms with Crippen LogP contribution >= 0.6 is 0 Å². The molecule has 0 spiro atoms. The van der Waals surface area contributed by atoms with E-state index < -0.39 is 9.85 Å².